The molecule has 2 N–H and O–H groups in total. The first kappa shape index (κ1) is 29.6. The van der Waals surface area contributed by atoms with Crippen LogP contribution in [0, 0.1) is 5.82 Å². The molecule has 0 atom stereocenters. The van der Waals surface area contributed by atoms with E-state index in [0.29, 0.717) is 49.8 Å². The zero-order valence-electron chi connectivity index (χ0n) is 24.0. The second-order valence-corrected chi connectivity index (χ2v) is 11.2. The number of urea groups is 1. The van der Waals surface area contributed by atoms with Crippen LogP contribution < -0.4 is 10.6 Å². The molecule has 2 heterocycles. The molecule has 0 radical (unpaired) electrons. The van der Waals surface area contributed by atoms with Gasteiger partial charge in [0.25, 0.3) is 11.8 Å². The number of piperazine rings is 1. The molecule has 1 aliphatic rings. The van der Waals surface area contributed by atoms with Crippen molar-refractivity contribution in [1.82, 2.24) is 15.0 Å². The van der Waals surface area contributed by atoms with Crippen molar-refractivity contribution in [2.24, 2.45) is 4.99 Å². The number of anilines is 2. The van der Waals surface area contributed by atoms with Gasteiger partial charge in [0.1, 0.15) is 11.6 Å². The van der Waals surface area contributed by atoms with E-state index in [1.807, 2.05) is 39.0 Å². The minimum atomic E-state index is -0.725. The first-order valence-corrected chi connectivity index (χ1v) is 13.4. The Kier molecular flexibility index (Phi) is 8.97. The summed E-state index contributed by atoms with van der Waals surface area (Å²) in [7, 11) is 0. The number of halogens is 1. The second-order valence-electron chi connectivity index (χ2n) is 11.2. The average Bonchev–Trinajstić information content (AvgIpc) is 3.39. The molecule has 2 aromatic carbocycles. The van der Waals surface area contributed by atoms with E-state index in [1.165, 1.54) is 12.1 Å². The zero-order chi connectivity index (χ0) is 29.7. The van der Waals surface area contributed by atoms with Gasteiger partial charge in [0, 0.05) is 61.0 Å². The minimum Gasteiger partial charge on any atom is -0.359 e. The number of carbonyl (C=O) groups is 3. The molecule has 0 bridgehead atoms. The van der Waals surface area contributed by atoms with Gasteiger partial charge >= 0.3 is 6.03 Å². The lowest BCUT2D eigenvalue weighted by Gasteiger charge is -2.35. The highest BCUT2D eigenvalue weighted by Crippen LogP contribution is 2.25. The summed E-state index contributed by atoms with van der Waals surface area (Å²) < 4.78 is 20.0. The number of nitrogens with one attached hydrogen (secondary N) is 2. The normalized spacial score (nSPS) is 14.0. The van der Waals surface area contributed by atoms with Crippen LogP contribution in [0.3, 0.4) is 0 Å². The fourth-order valence-electron chi connectivity index (χ4n) is 4.33. The molecule has 1 aliphatic heterocycles. The highest BCUT2D eigenvalue weighted by atomic mass is 19.1. The van der Waals surface area contributed by atoms with Crippen LogP contribution >= 0.6 is 0 Å². The Morgan fingerprint density at radius 1 is 0.976 bits per heavy atom. The lowest BCUT2D eigenvalue weighted by molar-refractivity contribution is 0.0627. The van der Waals surface area contributed by atoms with Crippen molar-refractivity contribution in [1.29, 1.82) is 0 Å². The molecular formula is C30H35FN6O4. The highest BCUT2D eigenvalue weighted by Gasteiger charge is 2.24. The van der Waals surface area contributed by atoms with Crippen molar-refractivity contribution in [2.75, 3.05) is 36.8 Å². The predicted octanol–water partition coefficient (Wildman–Crippen LogP) is 5.33. The zero-order valence-corrected chi connectivity index (χ0v) is 24.0. The van der Waals surface area contributed by atoms with Crippen molar-refractivity contribution in [3.63, 3.8) is 0 Å². The summed E-state index contributed by atoms with van der Waals surface area (Å²) in [6, 6.07) is 12.3. The van der Waals surface area contributed by atoms with Crippen LogP contribution in [-0.4, -0.2) is 64.7 Å². The maximum atomic E-state index is 14.8. The summed E-state index contributed by atoms with van der Waals surface area (Å²) >= 11 is 0. The molecule has 1 aromatic heterocycles. The molecule has 1 fully saturated rings. The summed E-state index contributed by atoms with van der Waals surface area (Å²) in [6.45, 7) is 12.3. The van der Waals surface area contributed by atoms with Crippen molar-refractivity contribution in [3.05, 3.63) is 76.8 Å². The Morgan fingerprint density at radius 2 is 1.71 bits per heavy atom. The predicted molar refractivity (Wildman–Crippen MR) is 155 cm³/mol. The first-order chi connectivity index (χ1) is 19.4. The maximum absolute atomic E-state index is 14.8. The van der Waals surface area contributed by atoms with Crippen LogP contribution in [0.25, 0.3) is 0 Å². The number of rotatable bonds is 6. The van der Waals surface area contributed by atoms with E-state index < -0.39 is 11.8 Å². The van der Waals surface area contributed by atoms with Gasteiger partial charge < -0.3 is 14.7 Å². The molecule has 3 aromatic rings. The van der Waals surface area contributed by atoms with Crippen LogP contribution in [0.4, 0.5) is 20.7 Å². The van der Waals surface area contributed by atoms with E-state index >= 15 is 0 Å². The van der Waals surface area contributed by atoms with Gasteiger partial charge in [-0.2, -0.15) is 0 Å². The number of amides is 4. The Bertz CT molecular complexity index is 1460. The van der Waals surface area contributed by atoms with Crippen molar-refractivity contribution in [3.8, 4) is 0 Å². The van der Waals surface area contributed by atoms with Gasteiger partial charge in [0.05, 0.1) is 5.69 Å². The molecule has 11 heteroatoms. The lowest BCUT2D eigenvalue weighted by atomic mass is 9.93. The van der Waals surface area contributed by atoms with Gasteiger partial charge in [-0.3, -0.25) is 19.8 Å². The molecular weight excluding hydrogens is 527 g/mol. The van der Waals surface area contributed by atoms with Crippen LogP contribution in [0.5, 0.6) is 0 Å². The number of benzene rings is 2. The number of aromatic nitrogens is 1. The van der Waals surface area contributed by atoms with E-state index in [0.717, 1.165) is 11.6 Å². The third-order valence-corrected chi connectivity index (χ3v) is 6.52. The van der Waals surface area contributed by atoms with Gasteiger partial charge in [-0.05, 0) is 49.7 Å². The van der Waals surface area contributed by atoms with Crippen LogP contribution in [0.15, 0.2) is 58.0 Å². The standard InChI is InChI=1S/C30H35FN6O4/c1-19(2)32-27(38)21-8-6-7-20(15-21)18-36-11-13-37(14-12-36)28(39)22-9-10-24(23(31)16-22)33-29(40)34-26-17-25(41-35-26)30(3,4)5/h6-10,15-17H,11-14,18H2,1-5H3,(H2,33,34,35,40). The molecule has 4 amide bonds. The maximum Gasteiger partial charge on any atom is 0.325 e. The summed E-state index contributed by atoms with van der Waals surface area (Å²) in [5.74, 6) is -0.461. The molecule has 0 saturated carbocycles. The average molecular weight is 563 g/mol. The minimum absolute atomic E-state index is 0.0658. The Labute approximate surface area is 238 Å². The molecule has 0 aliphatic carbocycles. The lowest BCUT2D eigenvalue weighted by Crippen LogP contribution is -2.48. The Morgan fingerprint density at radius 3 is 2.34 bits per heavy atom. The van der Waals surface area contributed by atoms with E-state index in [9.17, 15) is 18.8 Å². The number of hydrogen-bond donors (Lipinski definition) is 2. The van der Waals surface area contributed by atoms with Gasteiger partial charge in [-0.15, -0.1) is 0 Å². The Hall–Kier alpha value is -4.38. The molecule has 216 valence electrons. The number of aliphatic imine (C=N–C) groups is 1. The smallest absolute Gasteiger partial charge is 0.325 e. The van der Waals surface area contributed by atoms with E-state index in [-0.39, 0.29) is 34.3 Å². The summed E-state index contributed by atoms with van der Waals surface area (Å²) in [5.41, 5.74) is 2.10. The van der Waals surface area contributed by atoms with Crippen LogP contribution in [0.1, 0.15) is 66.7 Å². The fraction of sp³-hybridized carbons (Fsp3) is 0.367. The third kappa shape index (κ3) is 7.85. The molecule has 41 heavy (non-hydrogen) atoms. The van der Waals surface area contributed by atoms with E-state index in [4.69, 9.17) is 4.52 Å². The molecule has 10 nitrogen and oxygen atoms in total. The Balaban J connectivity index is 1.30. The monoisotopic (exact) mass is 562 g/mol. The topological polar surface area (TPSA) is 120 Å². The largest absolute Gasteiger partial charge is 0.359 e. The van der Waals surface area contributed by atoms with E-state index in [2.05, 4.69) is 25.7 Å². The quantitative estimate of drug-likeness (QED) is 0.392. The van der Waals surface area contributed by atoms with Gasteiger partial charge in [-0.1, -0.05) is 38.1 Å². The number of nitrogens with zero attached hydrogens (tertiary/aromatic N) is 4. The highest BCUT2D eigenvalue weighted by molar-refractivity contribution is 6.02. The van der Waals surface area contributed by atoms with Crippen LogP contribution in [-0.2, 0) is 12.0 Å². The second kappa shape index (κ2) is 12.4. The molecule has 1 saturated heterocycles. The summed E-state index contributed by atoms with van der Waals surface area (Å²) in [5, 5.41) is 8.76. The SMILES string of the molecule is CC(C)=NC(=O)c1cccc(CN2CCN(C(=O)c3ccc(NC(=O)Nc4cc(C(C)(C)C)on4)c(F)c3)CC2)c1. The van der Waals surface area contributed by atoms with Crippen molar-refractivity contribution in [2.45, 2.75) is 46.6 Å². The summed E-state index contributed by atoms with van der Waals surface area (Å²) in [4.78, 5) is 45.5. The third-order valence-electron chi connectivity index (χ3n) is 6.52. The van der Waals surface area contributed by atoms with Gasteiger partial charge in [0.2, 0.25) is 0 Å². The number of hydrogen-bond acceptors (Lipinski definition) is 6. The molecule has 4 rings (SSSR count). The van der Waals surface area contributed by atoms with Gasteiger partial charge in [-0.25, -0.2) is 14.2 Å². The van der Waals surface area contributed by atoms with Crippen molar-refractivity contribution < 1.29 is 23.3 Å². The van der Waals surface area contributed by atoms with E-state index in [1.54, 1.807) is 30.9 Å². The van der Waals surface area contributed by atoms with Gasteiger partial charge in [0.15, 0.2) is 5.82 Å². The summed E-state index contributed by atoms with van der Waals surface area (Å²) in [6.07, 6.45) is 0. The molecule has 0 spiro atoms. The fourth-order valence-corrected chi connectivity index (χ4v) is 4.33. The van der Waals surface area contributed by atoms with Crippen molar-refractivity contribution >= 4 is 35.1 Å². The number of carbonyl (C=O) groups excluding carboxylic acids is 3. The van der Waals surface area contributed by atoms with Crippen LogP contribution in [0.2, 0.25) is 0 Å². The first-order valence-electron chi connectivity index (χ1n) is 13.4. The molecule has 0 unspecified atom stereocenters.